The van der Waals surface area contributed by atoms with Crippen molar-refractivity contribution in [2.24, 2.45) is 0 Å². The predicted molar refractivity (Wildman–Crippen MR) is 40.0 cm³/mol. The van der Waals surface area contributed by atoms with Crippen molar-refractivity contribution in [3.8, 4) is 39.4 Å². The van der Waals surface area contributed by atoms with Crippen LogP contribution in [0.4, 0.5) is 0 Å². The summed E-state index contributed by atoms with van der Waals surface area (Å²) in [7, 11) is 0. The molecule has 7 heteroatoms. The zero-order valence-corrected chi connectivity index (χ0v) is 8.56. The first kappa shape index (κ1) is 74.8. The van der Waals surface area contributed by atoms with Crippen molar-refractivity contribution < 1.29 is 21.1 Å². The van der Waals surface area contributed by atoms with Crippen LogP contribution in [-0.2, 0) is 21.1 Å². The molecule has 6 nitrogen and oxygen atoms in total. The molecule has 0 fully saturated rings. The van der Waals surface area contributed by atoms with Gasteiger partial charge in [0.25, 0.3) is 0 Å². The molecule has 0 aliphatic carbocycles. The summed E-state index contributed by atoms with van der Waals surface area (Å²) in [6.45, 7) is 21.0. The van der Waals surface area contributed by atoms with Crippen molar-refractivity contribution in [3.05, 3.63) is 0 Å². The van der Waals surface area contributed by atoms with Crippen molar-refractivity contribution in [2.75, 3.05) is 0 Å². The van der Waals surface area contributed by atoms with Crippen molar-refractivity contribution >= 4 is 0 Å². The monoisotopic (exact) mass is 260 g/mol. The Balaban J connectivity index is -0.00000000655. The molecule has 0 aliphatic rings. The average Bonchev–Trinajstić information content (AvgIpc) is 2.33. The number of nitriles is 6. The first-order valence-corrected chi connectivity index (χ1v) is 1.55. The third-order valence-corrected chi connectivity index (χ3v) is 0. The summed E-state index contributed by atoms with van der Waals surface area (Å²) in [5.74, 6) is 0. The van der Waals surface area contributed by atoms with E-state index in [4.69, 9.17) is 31.6 Å². The van der Waals surface area contributed by atoms with E-state index in [0.717, 1.165) is 0 Å². The van der Waals surface area contributed by atoms with Crippen molar-refractivity contribution in [1.82, 2.24) is 0 Å². The van der Waals surface area contributed by atoms with Gasteiger partial charge in [-0.05, 0) is 0 Å². The fraction of sp³-hybridized carbons (Fsp3) is 0. The molecule has 0 aliphatic heterocycles. The van der Waals surface area contributed by atoms with E-state index in [-0.39, 0.29) is 21.1 Å². The molecule has 13 heavy (non-hydrogen) atoms. The maximum absolute atomic E-state index is 6.50. The molecule has 0 heterocycles. The summed E-state index contributed by atoms with van der Waals surface area (Å²) in [4.78, 5) is 0. The maximum Gasteiger partial charge on any atom is 0.0462 e. The van der Waals surface area contributed by atoms with Gasteiger partial charge in [0, 0.05) is 60.5 Å². The molecule has 0 amide bonds. The first-order chi connectivity index (χ1) is 6.00. The quantitative estimate of drug-likeness (QED) is 0.588. The van der Waals surface area contributed by atoms with E-state index in [2.05, 4.69) is 39.4 Å². The van der Waals surface area contributed by atoms with Gasteiger partial charge in [0.2, 0.25) is 0 Å². The van der Waals surface area contributed by atoms with Gasteiger partial charge in [0.15, 0.2) is 0 Å². The van der Waals surface area contributed by atoms with Crippen LogP contribution in [0.2, 0.25) is 0 Å². The number of nitrogens with zero attached hydrogens (tertiary/aromatic N) is 6. The van der Waals surface area contributed by atoms with Gasteiger partial charge in [0.1, 0.15) is 0 Å². The Bertz CT molecular complexity index is 92.1. The molecular formula is C6H6MoN6. The molecule has 66 valence electrons. The summed E-state index contributed by atoms with van der Waals surface area (Å²) in [5, 5.41) is 39.0. The standard InChI is InChI=1S/6CHN.Mo/c6*1-2;/h6*1H;. The van der Waals surface area contributed by atoms with Crippen LogP contribution in [0.3, 0.4) is 0 Å². The summed E-state index contributed by atoms with van der Waals surface area (Å²) >= 11 is 0. The summed E-state index contributed by atoms with van der Waals surface area (Å²) in [6, 6.07) is 0. The molecule has 0 bridgehead atoms. The number of hydrogen-bond donors (Lipinski definition) is 0. The molecular weight excluding hydrogens is 252 g/mol. The van der Waals surface area contributed by atoms with Gasteiger partial charge in [-0.15, -0.1) is 0 Å². The third-order valence-electron chi connectivity index (χ3n) is 0. The van der Waals surface area contributed by atoms with E-state index in [0.29, 0.717) is 0 Å². The van der Waals surface area contributed by atoms with Gasteiger partial charge in [-0.2, -0.15) is 0 Å². The summed E-state index contributed by atoms with van der Waals surface area (Å²) in [5.41, 5.74) is 0. The largest absolute Gasteiger partial charge is 0.202 e. The van der Waals surface area contributed by atoms with Crippen LogP contribution in [0.15, 0.2) is 0 Å². The van der Waals surface area contributed by atoms with Gasteiger partial charge in [-0.1, -0.05) is 0 Å². The fourth-order valence-corrected chi connectivity index (χ4v) is 0. The summed E-state index contributed by atoms with van der Waals surface area (Å²) < 4.78 is 0. The minimum absolute atomic E-state index is 0. The Hall–Kier alpha value is -2.37. The topological polar surface area (TPSA) is 143 Å². The van der Waals surface area contributed by atoms with Crippen LogP contribution in [0, 0.1) is 71.0 Å². The minimum Gasteiger partial charge on any atom is -0.202 e. The van der Waals surface area contributed by atoms with Gasteiger partial charge in [0.05, 0.1) is 0 Å². The van der Waals surface area contributed by atoms with E-state index < -0.39 is 0 Å². The van der Waals surface area contributed by atoms with Crippen LogP contribution < -0.4 is 0 Å². The molecule has 0 unspecified atom stereocenters. The van der Waals surface area contributed by atoms with Gasteiger partial charge >= 0.3 is 0 Å². The minimum atomic E-state index is 0. The first-order valence-electron chi connectivity index (χ1n) is 1.55. The van der Waals surface area contributed by atoms with E-state index in [9.17, 15) is 0 Å². The van der Waals surface area contributed by atoms with Crippen LogP contribution in [0.25, 0.3) is 0 Å². The zero-order valence-electron chi connectivity index (χ0n) is 6.56. The second-order valence-corrected chi connectivity index (χ2v) is 0. The number of hydrogen-bond acceptors (Lipinski definition) is 6. The average molecular weight is 258 g/mol. The Morgan fingerprint density at radius 1 is 0.308 bits per heavy atom. The smallest absolute Gasteiger partial charge is 0.0462 e. The van der Waals surface area contributed by atoms with Crippen LogP contribution in [-0.4, -0.2) is 0 Å². The van der Waals surface area contributed by atoms with Crippen molar-refractivity contribution in [2.45, 2.75) is 0 Å². The van der Waals surface area contributed by atoms with Gasteiger partial charge in [-0.3, -0.25) is 0 Å². The molecule has 0 saturated heterocycles. The fourth-order valence-electron chi connectivity index (χ4n) is 0. The zero-order chi connectivity index (χ0) is 12.0. The molecule has 0 aromatic carbocycles. The third kappa shape index (κ3) is 99.6. The Labute approximate surface area is 92.3 Å². The van der Waals surface area contributed by atoms with Crippen LogP contribution in [0.5, 0.6) is 0 Å². The van der Waals surface area contributed by atoms with E-state index in [1.807, 2.05) is 0 Å². The summed E-state index contributed by atoms with van der Waals surface area (Å²) in [6.07, 6.45) is 0. The molecule has 0 aromatic heterocycles. The predicted octanol–water partition coefficient (Wildman–Crippen LogP) is 0.836. The van der Waals surface area contributed by atoms with Crippen molar-refractivity contribution in [1.29, 1.82) is 31.6 Å². The Morgan fingerprint density at radius 2 is 0.308 bits per heavy atom. The molecule has 0 rings (SSSR count). The van der Waals surface area contributed by atoms with Gasteiger partial charge < -0.3 is 0 Å². The SMILES string of the molecule is C#N.C#N.C#N.C#N.C#N.C#N.[Mo]. The Morgan fingerprint density at radius 3 is 0.308 bits per heavy atom. The molecule has 0 radical (unpaired) electrons. The molecule has 0 saturated carbocycles. The Kier molecular flexibility index (Phi) is 734. The molecule has 0 atom stereocenters. The van der Waals surface area contributed by atoms with E-state index in [1.54, 1.807) is 0 Å². The van der Waals surface area contributed by atoms with Crippen LogP contribution in [0.1, 0.15) is 0 Å². The van der Waals surface area contributed by atoms with Crippen molar-refractivity contribution in [3.63, 3.8) is 0 Å². The van der Waals surface area contributed by atoms with E-state index in [1.165, 1.54) is 0 Å². The molecule has 0 spiro atoms. The molecule has 0 aromatic rings. The van der Waals surface area contributed by atoms with E-state index >= 15 is 0 Å². The second-order valence-electron chi connectivity index (χ2n) is 0. The second kappa shape index (κ2) is 127. The van der Waals surface area contributed by atoms with Crippen LogP contribution >= 0.6 is 0 Å². The molecule has 0 N–H and O–H groups in total. The maximum atomic E-state index is 6.50. The normalized spacial score (nSPS) is 0.923. The van der Waals surface area contributed by atoms with Gasteiger partial charge in [-0.25, -0.2) is 31.6 Å². The number of rotatable bonds is 0.